The number of fused-ring (bicyclic) bond motifs is 1. The van der Waals surface area contributed by atoms with E-state index in [4.69, 9.17) is 15.6 Å². The highest BCUT2D eigenvalue weighted by Crippen LogP contribution is 2.40. The Morgan fingerprint density at radius 1 is 1.03 bits per heavy atom. The van der Waals surface area contributed by atoms with Crippen LogP contribution in [0.1, 0.15) is 11.6 Å². The minimum Gasteiger partial charge on any atom is -0.480 e. The molecule has 0 saturated carbocycles. The van der Waals surface area contributed by atoms with E-state index in [1.165, 1.54) is 6.20 Å². The zero-order chi connectivity index (χ0) is 23.0. The van der Waals surface area contributed by atoms with Crippen LogP contribution in [0.3, 0.4) is 0 Å². The van der Waals surface area contributed by atoms with E-state index in [-0.39, 0.29) is 9.79 Å². The molecule has 0 saturated heterocycles. The third kappa shape index (κ3) is 4.18. The standard InChI is InChI=1S/C22H16Br2N2O5S/c23-16-8-12(20(25)22(27)28)9-17(24)21(16)31-13-6-7-18-15(10-13)19(11-26-18)32(29,30)14-4-2-1-3-5-14/h1-11,20,26H,25H2,(H,27,28)/t20-/m1/s1. The van der Waals surface area contributed by atoms with E-state index in [9.17, 15) is 13.2 Å². The third-order valence-electron chi connectivity index (χ3n) is 4.82. The molecule has 4 N–H and O–H groups in total. The second kappa shape index (κ2) is 8.70. The predicted molar refractivity (Wildman–Crippen MR) is 127 cm³/mol. The number of ether oxygens (including phenoxy) is 1. The van der Waals surface area contributed by atoms with E-state index in [0.29, 0.717) is 36.9 Å². The Hall–Kier alpha value is -2.66. The fourth-order valence-electron chi connectivity index (χ4n) is 3.20. The fraction of sp³-hybridized carbons (Fsp3) is 0.0455. The maximum Gasteiger partial charge on any atom is 0.325 e. The van der Waals surface area contributed by atoms with Crippen molar-refractivity contribution in [3.05, 3.63) is 81.4 Å². The Balaban J connectivity index is 1.73. The molecule has 0 aliphatic rings. The number of halogens is 2. The lowest BCUT2D eigenvalue weighted by Gasteiger charge is -2.14. The summed E-state index contributed by atoms with van der Waals surface area (Å²) in [6, 6.07) is 15.2. The SMILES string of the molecule is N[C@@H](C(=O)O)c1cc(Br)c(Oc2ccc3[nH]cc(S(=O)(=O)c4ccccc4)c3c2)c(Br)c1. The van der Waals surface area contributed by atoms with Crippen molar-refractivity contribution in [2.75, 3.05) is 0 Å². The number of nitrogens with one attached hydrogen (secondary N) is 1. The van der Waals surface area contributed by atoms with Crippen LogP contribution in [-0.2, 0) is 14.6 Å². The lowest BCUT2D eigenvalue weighted by Crippen LogP contribution is -2.20. The van der Waals surface area contributed by atoms with Crippen LogP contribution < -0.4 is 10.5 Å². The van der Waals surface area contributed by atoms with Crippen molar-refractivity contribution in [3.63, 3.8) is 0 Å². The van der Waals surface area contributed by atoms with Gasteiger partial charge in [0.1, 0.15) is 11.8 Å². The monoisotopic (exact) mass is 578 g/mol. The number of carbonyl (C=O) groups is 1. The molecule has 3 aromatic carbocycles. The second-order valence-electron chi connectivity index (χ2n) is 6.91. The third-order valence-corrected chi connectivity index (χ3v) is 7.81. The first-order chi connectivity index (χ1) is 15.2. The van der Waals surface area contributed by atoms with Gasteiger partial charge in [0, 0.05) is 17.1 Å². The van der Waals surface area contributed by atoms with E-state index in [0.717, 1.165) is 0 Å². The normalized spacial score (nSPS) is 12.6. The van der Waals surface area contributed by atoms with Crippen molar-refractivity contribution < 1.29 is 23.1 Å². The van der Waals surface area contributed by atoms with Crippen LogP contribution in [0.5, 0.6) is 11.5 Å². The van der Waals surface area contributed by atoms with E-state index in [1.54, 1.807) is 60.7 Å². The summed E-state index contributed by atoms with van der Waals surface area (Å²) < 4.78 is 33.2. The molecule has 7 nitrogen and oxygen atoms in total. The molecule has 164 valence electrons. The Morgan fingerprint density at radius 2 is 1.69 bits per heavy atom. The number of aromatic nitrogens is 1. The van der Waals surface area contributed by atoms with Crippen molar-refractivity contribution in [1.29, 1.82) is 0 Å². The minimum atomic E-state index is -3.73. The molecule has 4 rings (SSSR count). The summed E-state index contributed by atoms with van der Waals surface area (Å²) in [4.78, 5) is 14.5. The predicted octanol–water partition coefficient (Wildman–Crippen LogP) is 5.40. The average molecular weight is 580 g/mol. The Bertz CT molecular complexity index is 1410. The van der Waals surface area contributed by atoms with Gasteiger partial charge in [0.05, 0.1) is 18.7 Å². The number of aliphatic carboxylic acids is 1. The quantitative estimate of drug-likeness (QED) is 0.281. The topological polar surface area (TPSA) is 122 Å². The molecular formula is C22H16Br2N2O5S. The summed E-state index contributed by atoms with van der Waals surface area (Å²) in [5.41, 5.74) is 6.73. The summed E-state index contributed by atoms with van der Waals surface area (Å²) >= 11 is 6.77. The number of hydrogen-bond donors (Lipinski definition) is 3. The van der Waals surface area contributed by atoms with Gasteiger partial charge in [-0.1, -0.05) is 18.2 Å². The van der Waals surface area contributed by atoms with E-state index >= 15 is 0 Å². The molecule has 0 bridgehead atoms. The number of nitrogens with two attached hydrogens (primary N) is 1. The number of hydrogen-bond acceptors (Lipinski definition) is 5. The Morgan fingerprint density at radius 3 is 2.31 bits per heavy atom. The van der Waals surface area contributed by atoms with Gasteiger partial charge in [-0.15, -0.1) is 0 Å². The molecule has 0 spiro atoms. The van der Waals surface area contributed by atoms with Crippen LogP contribution in [0, 0.1) is 0 Å². The summed E-state index contributed by atoms with van der Waals surface area (Å²) in [5.74, 6) is -0.352. The number of benzene rings is 3. The highest BCUT2D eigenvalue weighted by atomic mass is 79.9. The molecule has 32 heavy (non-hydrogen) atoms. The second-order valence-corrected chi connectivity index (χ2v) is 10.5. The van der Waals surface area contributed by atoms with Gasteiger partial charge in [-0.05, 0) is 79.9 Å². The highest BCUT2D eigenvalue weighted by molar-refractivity contribution is 9.11. The highest BCUT2D eigenvalue weighted by Gasteiger charge is 2.23. The van der Waals surface area contributed by atoms with Crippen LogP contribution in [0.15, 0.2) is 85.6 Å². The first kappa shape index (κ1) is 22.5. The van der Waals surface area contributed by atoms with Gasteiger partial charge in [0.2, 0.25) is 9.84 Å². The van der Waals surface area contributed by atoms with Crippen molar-refractivity contribution in [2.45, 2.75) is 15.8 Å². The number of rotatable bonds is 6. The van der Waals surface area contributed by atoms with Crippen LogP contribution in [0.4, 0.5) is 0 Å². The average Bonchev–Trinajstić information content (AvgIpc) is 3.20. The molecule has 0 unspecified atom stereocenters. The zero-order valence-corrected chi connectivity index (χ0v) is 20.2. The molecule has 0 aliphatic heterocycles. The summed E-state index contributed by atoms with van der Waals surface area (Å²) in [7, 11) is -3.73. The van der Waals surface area contributed by atoms with Crippen LogP contribution in [0.2, 0.25) is 0 Å². The van der Waals surface area contributed by atoms with Gasteiger partial charge in [-0.2, -0.15) is 0 Å². The molecule has 1 heterocycles. The van der Waals surface area contributed by atoms with E-state index < -0.39 is 21.8 Å². The molecule has 1 aromatic heterocycles. The van der Waals surface area contributed by atoms with Crippen LogP contribution in [-0.4, -0.2) is 24.5 Å². The van der Waals surface area contributed by atoms with Crippen LogP contribution >= 0.6 is 31.9 Å². The van der Waals surface area contributed by atoms with Gasteiger partial charge in [0.25, 0.3) is 0 Å². The zero-order valence-electron chi connectivity index (χ0n) is 16.2. The molecule has 0 amide bonds. The number of H-pyrrole nitrogens is 1. The molecule has 10 heteroatoms. The Kier molecular flexibility index (Phi) is 6.13. The van der Waals surface area contributed by atoms with Crippen molar-refractivity contribution in [2.24, 2.45) is 5.73 Å². The lowest BCUT2D eigenvalue weighted by molar-refractivity contribution is -0.138. The van der Waals surface area contributed by atoms with Gasteiger partial charge in [-0.25, -0.2) is 8.42 Å². The summed E-state index contributed by atoms with van der Waals surface area (Å²) in [6.45, 7) is 0. The van der Waals surface area contributed by atoms with Gasteiger partial charge >= 0.3 is 5.97 Å². The molecule has 1 atom stereocenters. The molecule has 4 aromatic rings. The maximum atomic E-state index is 13.1. The number of aromatic amines is 1. The largest absolute Gasteiger partial charge is 0.480 e. The molecule has 0 radical (unpaired) electrons. The minimum absolute atomic E-state index is 0.144. The number of carboxylic acids is 1. The first-order valence-electron chi connectivity index (χ1n) is 9.25. The van der Waals surface area contributed by atoms with Gasteiger partial charge in [-0.3, -0.25) is 4.79 Å². The van der Waals surface area contributed by atoms with Crippen molar-refractivity contribution >= 4 is 58.6 Å². The lowest BCUT2D eigenvalue weighted by atomic mass is 10.1. The summed E-state index contributed by atoms with van der Waals surface area (Å²) in [5, 5.41) is 9.63. The van der Waals surface area contributed by atoms with Gasteiger partial charge in [0.15, 0.2) is 5.75 Å². The molecular weight excluding hydrogens is 564 g/mol. The van der Waals surface area contributed by atoms with E-state index in [1.807, 2.05) is 0 Å². The van der Waals surface area contributed by atoms with Crippen LogP contribution in [0.25, 0.3) is 10.9 Å². The van der Waals surface area contributed by atoms with Gasteiger partial charge < -0.3 is 20.6 Å². The number of sulfone groups is 1. The Labute approximate surface area is 200 Å². The molecule has 0 fully saturated rings. The maximum absolute atomic E-state index is 13.1. The fourth-order valence-corrected chi connectivity index (χ4v) is 6.03. The number of carboxylic acid groups (broad SMARTS) is 1. The molecule has 0 aliphatic carbocycles. The summed E-state index contributed by atoms with van der Waals surface area (Å²) in [6.07, 6.45) is 1.46. The van der Waals surface area contributed by atoms with E-state index in [2.05, 4.69) is 36.8 Å². The van der Waals surface area contributed by atoms with Crippen molar-refractivity contribution in [3.8, 4) is 11.5 Å². The first-order valence-corrected chi connectivity index (χ1v) is 12.3. The van der Waals surface area contributed by atoms with Crippen molar-refractivity contribution in [1.82, 2.24) is 4.98 Å². The smallest absolute Gasteiger partial charge is 0.325 e.